The second-order valence-corrected chi connectivity index (χ2v) is 6.05. The zero-order valence-electron chi connectivity index (χ0n) is 9.98. The second kappa shape index (κ2) is 5.94. The Bertz CT molecular complexity index is 601. The molecule has 0 spiro atoms. The highest BCUT2D eigenvalue weighted by Crippen LogP contribution is 2.29. The highest BCUT2D eigenvalue weighted by molar-refractivity contribution is 9.10. The molecule has 1 heterocycles. The molecule has 19 heavy (non-hydrogen) atoms. The van der Waals surface area contributed by atoms with E-state index in [0.717, 1.165) is 5.01 Å². The Morgan fingerprint density at radius 2 is 2.32 bits per heavy atom. The van der Waals surface area contributed by atoms with E-state index in [9.17, 15) is 4.39 Å². The Kier molecular flexibility index (Phi) is 4.49. The van der Waals surface area contributed by atoms with Crippen LogP contribution in [0.2, 0.25) is 0 Å². The van der Waals surface area contributed by atoms with E-state index >= 15 is 0 Å². The summed E-state index contributed by atoms with van der Waals surface area (Å²) in [5.41, 5.74) is 6.39. The van der Waals surface area contributed by atoms with Crippen LogP contribution in [0.5, 0.6) is 0 Å². The quantitative estimate of drug-likeness (QED) is 0.814. The first-order valence-electron chi connectivity index (χ1n) is 5.44. The minimum Gasteiger partial charge on any atom is -0.389 e. The third kappa shape index (κ3) is 3.10. The molecule has 0 saturated heterocycles. The molecule has 0 bridgehead atoms. The summed E-state index contributed by atoms with van der Waals surface area (Å²) >= 11 is 9.55. The highest BCUT2D eigenvalue weighted by Gasteiger charge is 2.15. The standard InChI is InChI=1S/C12H11BrFN3S2/c1-6(12-16-4-5-19-12)17-8-3-2-7(11(15)18)9(13)10(8)14/h2-6,17H,1H3,(H2,15,18). The lowest BCUT2D eigenvalue weighted by Gasteiger charge is -2.15. The molecule has 0 aliphatic carbocycles. The summed E-state index contributed by atoms with van der Waals surface area (Å²) in [5.74, 6) is -0.409. The summed E-state index contributed by atoms with van der Waals surface area (Å²) in [6, 6.07) is 3.24. The van der Waals surface area contributed by atoms with Crippen molar-refractivity contribution < 1.29 is 4.39 Å². The molecular formula is C12H11BrFN3S2. The molecule has 0 saturated carbocycles. The van der Waals surface area contributed by atoms with Crippen molar-refractivity contribution in [3.8, 4) is 0 Å². The summed E-state index contributed by atoms with van der Waals surface area (Å²) in [6.45, 7) is 1.92. The first kappa shape index (κ1) is 14.4. The maximum Gasteiger partial charge on any atom is 0.161 e. The van der Waals surface area contributed by atoms with E-state index in [-0.39, 0.29) is 15.5 Å². The third-order valence-corrected chi connectivity index (χ3v) is 4.50. The van der Waals surface area contributed by atoms with E-state index in [4.69, 9.17) is 18.0 Å². The number of aromatic nitrogens is 1. The number of thiocarbonyl (C=S) groups is 1. The largest absolute Gasteiger partial charge is 0.389 e. The molecule has 1 atom stereocenters. The monoisotopic (exact) mass is 359 g/mol. The second-order valence-electron chi connectivity index (χ2n) is 3.89. The number of nitrogens with two attached hydrogens (primary N) is 1. The van der Waals surface area contributed by atoms with Gasteiger partial charge < -0.3 is 11.1 Å². The average Bonchev–Trinajstić information content (AvgIpc) is 2.88. The van der Waals surface area contributed by atoms with E-state index < -0.39 is 5.82 Å². The lowest BCUT2D eigenvalue weighted by atomic mass is 10.2. The molecule has 3 N–H and O–H groups in total. The smallest absolute Gasteiger partial charge is 0.161 e. The van der Waals surface area contributed by atoms with Gasteiger partial charge in [-0.3, -0.25) is 0 Å². The van der Waals surface area contributed by atoms with E-state index in [0.29, 0.717) is 11.3 Å². The van der Waals surface area contributed by atoms with Gasteiger partial charge in [0.05, 0.1) is 16.2 Å². The van der Waals surface area contributed by atoms with Gasteiger partial charge in [-0.05, 0) is 35.0 Å². The number of halogens is 2. The molecule has 0 aliphatic rings. The molecule has 2 aromatic rings. The zero-order chi connectivity index (χ0) is 14.0. The Morgan fingerprint density at radius 1 is 1.58 bits per heavy atom. The van der Waals surface area contributed by atoms with Crippen LogP contribution >= 0.6 is 39.5 Å². The molecule has 3 nitrogen and oxygen atoms in total. The van der Waals surface area contributed by atoms with Gasteiger partial charge >= 0.3 is 0 Å². The maximum absolute atomic E-state index is 14.2. The number of hydrogen-bond donors (Lipinski definition) is 2. The fourth-order valence-electron chi connectivity index (χ4n) is 1.59. The number of nitrogens with one attached hydrogen (secondary N) is 1. The van der Waals surface area contributed by atoms with Crippen LogP contribution < -0.4 is 11.1 Å². The van der Waals surface area contributed by atoms with Crippen LogP contribution in [-0.2, 0) is 0 Å². The normalized spacial score (nSPS) is 12.2. The Morgan fingerprint density at radius 3 is 2.89 bits per heavy atom. The molecule has 1 aromatic heterocycles. The number of nitrogens with zero attached hydrogens (tertiary/aromatic N) is 1. The predicted molar refractivity (Wildman–Crippen MR) is 84.1 cm³/mol. The minimum atomic E-state index is -0.409. The Hall–Kier alpha value is -1.05. The van der Waals surface area contributed by atoms with Crippen molar-refractivity contribution in [2.24, 2.45) is 5.73 Å². The zero-order valence-corrected chi connectivity index (χ0v) is 13.2. The molecule has 2 rings (SSSR count). The van der Waals surface area contributed by atoms with Crippen LogP contribution in [0.4, 0.5) is 10.1 Å². The van der Waals surface area contributed by atoms with Crippen molar-refractivity contribution in [1.29, 1.82) is 0 Å². The SMILES string of the molecule is CC(Nc1ccc(C(N)=S)c(Br)c1F)c1nccs1. The van der Waals surface area contributed by atoms with Gasteiger partial charge in [0.15, 0.2) is 5.82 Å². The summed E-state index contributed by atoms with van der Waals surface area (Å²) in [6.07, 6.45) is 1.72. The average molecular weight is 360 g/mol. The van der Waals surface area contributed by atoms with E-state index in [2.05, 4.69) is 26.2 Å². The van der Waals surface area contributed by atoms with Crippen molar-refractivity contribution in [2.45, 2.75) is 13.0 Å². The summed E-state index contributed by atoms with van der Waals surface area (Å²) in [4.78, 5) is 4.35. The molecule has 0 fully saturated rings. The number of thiazole rings is 1. The molecule has 0 amide bonds. The number of hydrogen-bond acceptors (Lipinski definition) is 4. The van der Waals surface area contributed by atoms with Gasteiger partial charge in [-0.2, -0.15) is 0 Å². The van der Waals surface area contributed by atoms with Crippen LogP contribution in [0.3, 0.4) is 0 Å². The van der Waals surface area contributed by atoms with Crippen molar-refractivity contribution in [1.82, 2.24) is 4.98 Å². The molecule has 0 radical (unpaired) electrons. The highest BCUT2D eigenvalue weighted by atomic mass is 79.9. The lowest BCUT2D eigenvalue weighted by molar-refractivity contribution is 0.620. The third-order valence-electron chi connectivity index (χ3n) is 2.54. The van der Waals surface area contributed by atoms with Gasteiger partial charge in [0, 0.05) is 17.1 Å². The summed E-state index contributed by atoms with van der Waals surface area (Å²) < 4.78 is 14.5. The Labute approximate surface area is 128 Å². The van der Waals surface area contributed by atoms with Crippen LogP contribution in [0.15, 0.2) is 28.2 Å². The van der Waals surface area contributed by atoms with Crippen LogP contribution in [0, 0.1) is 5.82 Å². The molecule has 1 aromatic carbocycles. The van der Waals surface area contributed by atoms with Crippen LogP contribution in [0.1, 0.15) is 23.5 Å². The fourth-order valence-corrected chi connectivity index (χ4v) is 3.10. The molecule has 0 aliphatic heterocycles. The van der Waals surface area contributed by atoms with Gasteiger partial charge in [-0.25, -0.2) is 9.37 Å². The number of rotatable bonds is 4. The van der Waals surface area contributed by atoms with Crippen LogP contribution in [-0.4, -0.2) is 9.97 Å². The van der Waals surface area contributed by atoms with E-state index in [1.54, 1.807) is 18.3 Å². The van der Waals surface area contributed by atoms with Crippen molar-refractivity contribution in [3.63, 3.8) is 0 Å². The summed E-state index contributed by atoms with van der Waals surface area (Å²) in [5, 5.41) is 5.86. The van der Waals surface area contributed by atoms with Crippen molar-refractivity contribution in [2.75, 3.05) is 5.32 Å². The number of anilines is 1. The van der Waals surface area contributed by atoms with E-state index in [1.807, 2.05) is 12.3 Å². The number of benzene rings is 1. The van der Waals surface area contributed by atoms with Gasteiger partial charge in [0.1, 0.15) is 10.00 Å². The first-order chi connectivity index (χ1) is 9.00. The molecule has 100 valence electrons. The topological polar surface area (TPSA) is 50.9 Å². The van der Waals surface area contributed by atoms with Crippen LogP contribution in [0.25, 0.3) is 0 Å². The Balaban J connectivity index is 2.27. The van der Waals surface area contributed by atoms with Crippen molar-refractivity contribution >= 4 is 50.2 Å². The predicted octanol–water partition coefficient (Wildman–Crippen LogP) is 3.85. The molecule has 7 heteroatoms. The van der Waals surface area contributed by atoms with Gasteiger partial charge in [0.25, 0.3) is 0 Å². The molecular weight excluding hydrogens is 349 g/mol. The van der Waals surface area contributed by atoms with Gasteiger partial charge in [0.2, 0.25) is 0 Å². The van der Waals surface area contributed by atoms with Gasteiger partial charge in [-0.1, -0.05) is 12.2 Å². The van der Waals surface area contributed by atoms with Gasteiger partial charge in [-0.15, -0.1) is 11.3 Å². The maximum atomic E-state index is 14.2. The first-order valence-corrected chi connectivity index (χ1v) is 7.52. The van der Waals surface area contributed by atoms with E-state index in [1.165, 1.54) is 11.3 Å². The molecule has 1 unspecified atom stereocenters. The minimum absolute atomic E-state index is 0.0721. The fraction of sp³-hybridized carbons (Fsp3) is 0.167. The van der Waals surface area contributed by atoms with Crippen molar-refractivity contribution in [3.05, 3.63) is 44.6 Å². The lowest BCUT2D eigenvalue weighted by Crippen LogP contribution is -2.13. The summed E-state index contributed by atoms with van der Waals surface area (Å²) in [7, 11) is 0.